The van der Waals surface area contributed by atoms with E-state index in [1.165, 1.54) is 12.5 Å². The molecule has 8 nitrogen and oxygen atoms in total. The van der Waals surface area contributed by atoms with Gasteiger partial charge in [-0.15, -0.1) is 0 Å². The highest BCUT2D eigenvalue weighted by Gasteiger charge is 2.38. The zero-order chi connectivity index (χ0) is 25.6. The summed E-state index contributed by atoms with van der Waals surface area (Å²) in [5, 5.41) is 2.85. The number of benzene rings is 1. The van der Waals surface area contributed by atoms with E-state index in [0.717, 1.165) is 37.2 Å². The number of rotatable bonds is 3. The van der Waals surface area contributed by atoms with Crippen LogP contribution in [0.15, 0.2) is 71.7 Å². The standard InChI is InChI=1S/C26H21F3N6O2/c27-26(28,29)18-4-1-3-16(11-18)20-6-7-21-24(32-20)35(19-5-2-10-34(21)14-19)25(36)33-23-12-17(8-9-31-23)22-13-30-15-37-22/h1,3-4,6-9,11-13,15,19H,2,5,10,14H2,(H,31,33,36)/t19-/m0/s1. The Morgan fingerprint density at radius 2 is 2.00 bits per heavy atom. The Hall–Kier alpha value is -4.41. The smallest absolute Gasteiger partial charge is 0.416 e. The van der Waals surface area contributed by atoms with Crippen LogP contribution in [0.5, 0.6) is 0 Å². The first-order valence-electron chi connectivity index (χ1n) is 11.8. The molecule has 188 valence electrons. The molecule has 0 radical (unpaired) electrons. The van der Waals surface area contributed by atoms with Gasteiger partial charge in [-0.05, 0) is 49.2 Å². The Bertz CT molecular complexity index is 1460. The van der Waals surface area contributed by atoms with Gasteiger partial charge in [0.15, 0.2) is 18.0 Å². The van der Waals surface area contributed by atoms with E-state index < -0.39 is 17.8 Å². The van der Waals surface area contributed by atoms with Crippen LogP contribution in [-0.2, 0) is 6.18 Å². The maximum absolute atomic E-state index is 13.6. The Kier molecular flexibility index (Phi) is 5.54. The largest absolute Gasteiger partial charge is 0.444 e. The monoisotopic (exact) mass is 506 g/mol. The second kappa shape index (κ2) is 8.91. The first-order valence-corrected chi connectivity index (χ1v) is 11.8. The number of hydrogen-bond donors (Lipinski definition) is 1. The summed E-state index contributed by atoms with van der Waals surface area (Å²) < 4.78 is 45.2. The molecule has 2 bridgehead atoms. The number of amides is 2. The van der Waals surface area contributed by atoms with Gasteiger partial charge >= 0.3 is 12.2 Å². The van der Waals surface area contributed by atoms with E-state index in [9.17, 15) is 18.0 Å². The van der Waals surface area contributed by atoms with Crippen molar-refractivity contribution in [2.75, 3.05) is 28.2 Å². The average Bonchev–Trinajstić information content (AvgIpc) is 3.44. The van der Waals surface area contributed by atoms with E-state index >= 15 is 0 Å². The van der Waals surface area contributed by atoms with Crippen LogP contribution in [0.1, 0.15) is 18.4 Å². The summed E-state index contributed by atoms with van der Waals surface area (Å²) in [5.74, 6) is 1.28. The fraction of sp³-hybridized carbons (Fsp3) is 0.231. The van der Waals surface area contributed by atoms with Crippen molar-refractivity contribution < 1.29 is 22.4 Å². The van der Waals surface area contributed by atoms with Crippen LogP contribution in [-0.4, -0.2) is 40.1 Å². The Morgan fingerprint density at radius 3 is 2.81 bits per heavy atom. The van der Waals surface area contributed by atoms with Crippen molar-refractivity contribution in [3.05, 3.63) is 72.9 Å². The molecule has 5 heterocycles. The molecule has 1 N–H and O–H groups in total. The van der Waals surface area contributed by atoms with Crippen molar-refractivity contribution >= 4 is 23.4 Å². The van der Waals surface area contributed by atoms with Gasteiger partial charge in [-0.25, -0.2) is 19.7 Å². The number of halogens is 3. The molecular formula is C26H21F3N6O2. The lowest BCUT2D eigenvalue weighted by Gasteiger charge is -2.45. The van der Waals surface area contributed by atoms with Gasteiger partial charge in [-0.1, -0.05) is 12.1 Å². The zero-order valence-electron chi connectivity index (χ0n) is 19.4. The zero-order valence-corrected chi connectivity index (χ0v) is 19.4. The number of piperidine rings is 1. The minimum Gasteiger partial charge on any atom is -0.444 e. The lowest BCUT2D eigenvalue weighted by atomic mass is 9.99. The number of aromatic nitrogens is 3. The molecule has 37 heavy (non-hydrogen) atoms. The van der Waals surface area contributed by atoms with Crippen molar-refractivity contribution in [1.29, 1.82) is 0 Å². The van der Waals surface area contributed by atoms with Gasteiger partial charge in [0.1, 0.15) is 5.82 Å². The SMILES string of the molecule is O=C(Nc1cc(-c2cnco2)ccn1)N1c2nc(-c3cccc(C(F)(F)F)c3)ccc2N2CCC[C@H]1C2. The maximum Gasteiger partial charge on any atom is 0.416 e. The number of hydrogen-bond acceptors (Lipinski definition) is 6. The molecule has 6 rings (SSSR count). The number of fused-ring (bicyclic) bond motifs is 4. The van der Waals surface area contributed by atoms with Crippen molar-refractivity contribution in [3.8, 4) is 22.6 Å². The summed E-state index contributed by atoms with van der Waals surface area (Å²) in [4.78, 5) is 30.2. The van der Waals surface area contributed by atoms with E-state index in [4.69, 9.17) is 9.40 Å². The van der Waals surface area contributed by atoms with E-state index in [1.54, 1.807) is 41.6 Å². The van der Waals surface area contributed by atoms with E-state index in [0.29, 0.717) is 40.8 Å². The molecule has 2 amide bonds. The molecule has 0 aliphatic carbocycles. The summed E-state index contributed by atoms with van der Waals surface area (Å²) >= 11 is 0. The fourth-order valence-corrected chi connectivity index (χ4v) is 4.88. The minimum absolute atomic E-state index is 0.136. The predicted molar refractivity (Wildman–Crippen MR) is 131 cm³/mol. The molecule has 1 aromatic carbocycles. The highest BCUT2D eigenvalue weighted by Crippen LogP contribution is 2.40. The number of oxazole rings is 1. The molecule has 0 saturated carbocycles. The van der Waals surface area contributed by atoms with E-state index in [-0.39, 0.29) is 6.04 Å². The number of urea groups is 1. The van der Waals surface area contributed by atoms with Gasteiger partial charge in [0.2, 0.25) is 0 Å². The first-order chi connectivity index (χ1) is 17.9. The molecule has 0 spiro atoms. The van der Waals surface area contributed by atoms with Crippen LogP contribution in [0.3, 0.4) is 0 Å². The van der Waals surface area contributed by atoms with Crippen LogP contribution in [0.4, 0.5) is 35.3 Å². The summed E-state index contributed by atoms with van der Waals surface area (Å²) in [6.07, 6.45) is 1.67. The van der Waals surface area contributed by atoms with E-state index in [1.807, 2.05) is 6.07 Å². The first kappa shape index (κ1) is 23.0. The highest BCUT2D eigenvalue weighted by molar-refractivity contribution is 6.04. The van der Waals surface area contributed by atoms with Crippen LogP contribution in [0.2, 0.25) is 0 Å². The fourth-order valence-electron chi connectivity index (χ4n) is 4.88. The summed E-state index contributed by atoms with van der Waals surface area (Å²) in [7, 11) is 0. The lowest BCUT2D eigenvalue weighted by Crippen LogP contribution is -2.56. The Balaban J connectivity index is 1.36. The van der Waals surface area contributed by atoms with Crippen LogP contribution >= 0.6 is 0 Å². The third kappa shape index (κ3) is 4.37. The number of carbonyl (C=O) groups is 1. The second-order valence-corrected chi connectivity index (χ2v) is 8.96. The van der Waals surface area contributed by atoms with Gasteiger partial charge < -0.3 is 9.32 Å². The van der Waals surface area contributed by atoms with Crippen molar-refractivity contribution in [3.63, 3.8) is 0 Å². The molecule has 1 fully saturated rings. The summed E-state index contributed by atoms with van der Waals surface area (Å²) in [5.41, 5.74) is 1.40. The number of nitrogens with one attached hydrogen (secondary N) is 1. The predicted octanol–water partition coefficient (Wildman–Crippen LogP) is 5.84. The number of alkyl halides is 3. The van der Waals surface area contributed by atoms with Crippen LogP contribution in [0.25, 0.3) is 22.6 Å². The summed E-state index contributed by atoms with van der Waals surface area (Å²) in [6.45, 7) is 1.47. The Labute approximate surface area is 209 Å². The topological polar surface area (TPSA) is 87.4 Å². The number of pyridine rings is 2. The van der Waals surface area contributed by atoms with Gasteiger partial charge in [0.05, 0.1) is 29.2 Å². The van der Waals surface area contributed by atoms with E-state index in [2.05, 4.69) is 20.2 Å². The Morgan fingerprint density at radius 1 is 1.11 bits per heavy atom. The second-order valence-electron chi connectivity index (χ2n) is 8.96. The van der Waals surface area contributed by atoms with Gasteiger partial charge in [0.25, 0.3) is 0 Å². The van der Waals surface area contributed by atoms with Crippen LogP contribution < -0.4 is 15.1 Å². The van der Waals surface area contributed by atoms with Gasteiger partial charge in [-0.2, -0.15) is 13.2 Å². The molecular weight excluding hydrogens is 485 g/mol. The molecule has 2 aliphatic rings. The molecule has 1 saturated heterocycles. The van der Waals surface area contributed by atoms with Crippen LogP contribution in [0, 0.1) is 0 Å². The highest BCUT2D eigenvalue weighted by atomic mass is 19.4. The van der Waals surface area contributed by atoms with Crippen molar-refractivity contribution in [2.24, 2.45) is 0 Å². The third-order valence-corrected chi connectivity index (χ3v) is 6.60. The average molecular weight is 506 g/mol. The minimum atomic E-state index is -4.47. The molecule has 11 heteroatoms. The molecule has 2 aliphatic heterocycles. The lowest BCUT2D eigenvalue weighted by molar-refractivity contribution is -0.137. The molecule has 3 aromatic heterocycles. The van der Waals surface area contributed by atoms with Crippen molar-refractivity contribution in [1.82, 2.24) is 15.0 Å². The van der Waals surface area contributed by atoms with Crippen molar-refractivity contribution in [2.45, 2.75) is 25.1 Å². The number of carbonyl (C=O) groups excluding carboxylic acids is 1. The molecule has 0 unspecified atom stereocenters. The number of nitrogens with zero attached hydrogens (tertiary/aromatic N) is 5. The van der Waals surface area contributed by atoms with Gasteiger partial charge in [0, 0.05) is 30.4 Å². The summed E-state index contributed by atoms with van der Waals surface area (Å²) in [6, 6.07) is 11.4. The maximum atomic E-state index is 13.6. The molecule has 1 atom stereocenters. The number of anilines is 3. The normalized spacial score (nSPS) is 16.9. The van der Waals surface area contributed by atoms with Gasteiger partial charge in [-0.3, -0.25) is 10.2 Å². The quantitative estimate of drug-likeness (QED) is 0.376. The third-order valence-electron chi connectivity index (χ3n) is 6.60. The molecule has 4 aromatic rings.